The number of anilines is 2. The predicted molar refractivity (Wildman–Crippen MR) is 109 cm³/mol. The Morgan fingerprint density at radius 2 is 2.20 bits per heavy atom. The number of amides is 2. The number of nitrogens with zero attached hydrogens (tertiary/aromatic N) is 4. The van der Waals surface area contributed by atoms with Crippen molar-refractivity contribution >= 4 is 46.8 Å². The van der Waals surface area contributed by atoms with Crippen molar-refractivity contribution in [2.24, 2.45) is 4.99 Å². The summed E-state index contributed by atoms with van der Waals surface area (Å²) in [5.41, 5.74) is 0.291. The van der Waals surface area contributed by atoms with E-state index in [0.717, 1.165) is 4.90 Å². The Hall–Kier alpha value is -3.73. The molecule has 1 fully saturated rings. The summed E-state index contributed by atoms with van der Waals surface area (Å²) in [6.07, 6.45) is -0.206. The lowest BCUT2D eigenvalue weighted by atomic mass is 9.86. The molecule has 1 aliphatic rings. The molecule has 30 heavy (non-hydrogen) atoms. The highest BCUT2D eigenvalue weighted by Gasteiger charge is 2.39. The highest BCUT2D eigenvalue weighted by molar-refractivity contribution is 6.30. The first-order valence-electron chi connectivity index (χ1n) is 8.63. The number of aliphatic imine (C=N–C) groups is 1. The second kappa shape index (κ2) is 7.95. The van der Waals surface area contributed by atoms with E-state index in [2.05, 4.69) is 20.6 Å². The van der Waals surface area contributed by atoms with E-state index >= 15 is 0 Å². The van der Waals surface area contributed by atoms with Gasteiger partial charge in [0.15, 0.2) is 6.20 Å². The second-order valence-electron chi connectivity index (χ2n) is 6.79. The van der Waals surface area contributed by atoms with Crippen LogP contribution in [-0.2, 0) is 10.3 Å². The van der Waals surface area contributed by atoms with Crippen molar-refractivity contribution in [2.75, 3.05) is 12.4 Å². The number of pyridine rings is 1. The molecule has 3 rings (SSSR count). The average molecular weight is 433 g/mol. The largest absolute Gasteiger partial charge is 0.463 e. The van der Waals surface area contributed by atoms with Gasteiger partial charge in [-0.2, -0.15) is 0 Å². The SMILES string of the molecule is CN1C(=O)C[C@@](C)(c2cccc(Nc3cc(Cl)cnc3[N+](=O)[O-])c2)N/C1=N\C(=O)O. The van der Waals surface area contributed by atoms with Crippen molar-refractivity contribution in [2.45, 2.75) is 18.9 Å². The first kappa shape index (κ1) is 21.0. The van der Waals surface area contributed by atoms with E-state index in [1.807, 2.05) is 0 Å². The zero-order valence-corrected chi connectivity index (χ0v) is 16.7. The minimum atomic E-state index is -1.43. The number of halogens is 1. The Morgan fingerprint density at radius 3 is 2.87 bits per heavy atom. The van der Waals surface area contributed by atoms with Gasteiger partial charge >= 0.3 is 11.9 Å². The van der Waals surface area contributed by atoms with E-state index in [0.29, 0.717) is 11.3 Å². The van der Waals surface area contributed by atoms with E-state index in [-0.39, 0.29) is 34.8 Å². The number of hydrogen-bond acceptors (Lipinski definition) is 6. The molecule has 1 saturated heterocycles. The summed E-state index contributed by atoms with van der Waals surface area (Å²) in [4.78, 5) is 42.3. The molecule has 156 valence electrons. The summed E-state index contributed by atoms with van der Waals surface area (Å²) >= 11 is 5.91. The monoisotopic (exact) mass is 432 g/mol. The molecule has 12 heteroatoms. The van der Waals surface area contributed by atoms with E-state index in [1.54, 1.807) is 31.2 Å². The molecule has 1 aromatic carbocycles. The van der Waals surface area contributed by atoms with Crippen molar-refractivity contribution in [1.82, 2.24) is 15.2 Å². The van der Waals surface area contributed by atoms with Gasteiger partial charge in [-0.3, -0.25) is 9.69 Å². The Balaban J connectivity index is 1.96. The number of carbonyl (C=O) groups excluding carboxylic acids is 1. The Morgan fingerprint density at radius 1 is 1.47 bits per heavy atom. The number of benzene rings is 1. The van der Waals surface area contributed by atoms with Crippen molar-refractivity contribution in [3.8, 4) is 0 Å². The maximum atomic E-state index is 12.4. The van der Waals surface area contributed by atoms with Crippen molar-refractivity contribution in [3.05, 3.63) is 57.2 Å². The summed E-state index contributed by atoms with van der Waals surface area (Å²) in [5.74, 6) is -0.793. The Labute approximate surface area is 175 Å². The smallest absolute Gasteiger partial charge is 0.434 e. The number of hydrogen-bond donors (Lipinski definition) is 3. The van der Waals surface area contributed by atoms with Crippen LogP contribution in [0.3, 0.4) is 0 Å². The number of rotatable bonds is 4. The predicted octanol–water partition coefficient (Wildman–Crippen LogP) is 3.09. The van der Waals surface area contributed by atoms with Crippen LogP contribution in [0.5, 0.6) is 0 Å². The van der Waals surface area contributed by atoms with Gasteiger partial charge in [0, 0.05) is 12.7 Å². The molecule has 2 aromatic rings. The molecule has 1 aliphatic heterocycles. The highest BCUT2D eigenvalue weighted by atomic mass is 35.5. The van der Waals surface area contributed by atoms with Crippen LogP contribution in [0.25, 0.3) is 0 Å². The molecule has 11 nitrogen and oxygen atoms in total. The van der Waals surface area contributed by atoms with Crippen LogP contribution in [0.15, 0.2) is 41.5 Å². The molecule has 0 saturated carbocycles. The maximum absolute atomic E-state index is 12.4. The fourth-order valence-electron chi connectivity index (χ4n) is 3.05. The van der Waals surface area contributed by atoms with Crippen molar-refractivity contribution in [1.29, 1.82) is 0 Å². The van der Waals surface area contributed by atoms with Crippen LogP contribution >= 0.6 is 11.6 Å². The molecule has 0 unspecified atom stereocenters. The second-order valence-corrected chi connectivity index (χ2v) is 7.23. The minimum Gasteiger partial charge on any atom is -0.463 e. The Bertz CT molecular complexity index is 1070. The third kappa shape index (κ3) is 4.30. The maximum Gasteiger partial charge on any atom is 0.434 e. The number of carboxylic acid groups (broad SMARTS) is 1. The lowest BCUT2D eigenvalue weighted by Crippen LogP contribution is -2.58. The van der Waals surface area contributed by atoms with Gasteiger partial charge in [0.2, 0.25) is 11.9 Å². The third-order valence-corrected chi connectivity index (χ3v) is 4.78. The van der Waals surface area contributed by atoms with Crippen molar-refractivity contribution < 1.29 is 19.6 Å². The van der Waals surface area contributed by atoms with Crippen LogP contribution < -0.4 is 10.6 Å². The van der Waals surface area contributed by atoms with Gasteiger partial charge in [-0.15, -0.1) is 4.99 Å². The van der Waals surface area contributed by atoms with Gasteiger partial charge in [0.05, 0.1) is 17.0 Å². The number of nitrogens with one attached hydrogen (secondary N) is 2. The quantitative estimate of drug-likeness (QED) is 0.492. The lowest BCUT2D eigenvalue weighted by molar-refractivity contribution is -0.388. The summed E-state index contributed by atoms with van der Waals surface area (Å²) < 4.78 is 0. The zero-order valence-electron chi connectivity index (χ0n) is 15.9. The normalized spacial score (nSPS) is 20.0. The standard InChI is InChI=1S/C18H17ClN6O5/c1-18(8-14(26)24(2)16(23-18)22-17(27)28)10-4-3-5-12(6-10)21-13-7-11(19)9-20-15(13)25(29)30/h3-7,9,21H,8H2,1-2H3,(H,22,23)(H,27,28)/t18-/m0/s1. The number of carbonyl (C=O) groups is 2. The summed E-state index contributed by atoms with van der Waals surface area (Å²) in [6.45, 7) is 1.73. The van der Waals surface area contributed by atoms with Gasteiger partial charge in [-0.05, 0) is 40.6 Å². The molecular weight excluding hydrogens is 416 g/mol. The molecule has 2 heterocycles. The van der Waals surface area contributed by atoms with E-state index < -0.39 is 16.6 Å². The number of nitro groups is 1. The van der Waals surface area contributed by atoms with Crippen molar-refractivity contribution in [3.63, 3.8) is 0 Å². The molecule has 0 spiro atoms. The molecule has 1 aromatic heterocycles. The van der Waals surface area contributed by atoms with E-state index in [1.165, 1.54) is 19.3 Å². The molecule has 3 N–H and O–H groups in total. The van der Waals surface area contributed by atoms with Crippen LogP contribution in [0.4, 0.5) is 22.0 Å². The van der Waals surface area contributed by atoms with Gasteiger partial charge < -0.3 is 25.9 Å². The molecule has 1 atom stereocenters. The van der Waals surface area contributed by atoms with Crippen LogP contribution in [0, 0.1) is 10.1 Å². The van der Waals surface area contributed by atoms with E-state index in [4.69, 9.17) is 16.7 Å². The lowest BCUT2D eigenvalue weighted by Gasteiger charge is -2.40. The minimum absolute atomic E-state index is 0.0461. The topological polar surface area (TPSA) is 150 Å². The van der Waals surface area contributed by atoms with Gasteiger partial charge in [0.25, 0.3) is 0 Å². The molecular formula is C18H17ClN6O5. The van der Waals surface area contributed by atoms with E-state index in [9.17, 15) is 19.7 Å². The van der Waals surface area contributed by atoms with Gasteiger partial charge in [-0.25, -0.2) is 4.79 Å². The number of aromatic nitrogens is 1. The van der Waals surface area contributed by atoms with Crippen LogP contribution in [0.2, 0.25) is 5.02 Å². The molecule has 2 amide bonds. The van der Waals surface area contributed by atoms with Crippen LogP contribution in [0.1, 0.15) is 18.9 Å². The fraction of sp³-hybridized carbons (Fsp3) is 0.222. The fourth-order valence-corrected chi connectivity index (χ4v) is 3.20. The summed E-state index contributed by atoms with van der Waals surface area (Å²) in [5, 5.41) is 26.3. The van der Waals surface area contributed by atoms with Gasteiger partial charge in [0.1, 0.15) is 5.69 Å². The first-order chi connectivity index (χ1) is 14.1. The highest BCUT2D eigenvalue weighted by Crippen LogP contribution is 2.33. The average Bonchev–Trinajstić information content (AvgIpc) is 2.65. The molecule has 0 radical (unpaired) electrons. The van der Waals surface area contributed by atoms with Crippen LogP contribution in [-0.4, -0.2) is 44.9 Å². The zero-order chi connectivity index (χ0) is 22.1. The number of guanidine groups is 1. The first-order valence-corrected chi connectivity index (χ1v) is 9.01. The Kier molecular flexibility index (Phi) is 5.56. The summed E-state index contributed by atoms with van der Waals surface area (Å²) in [6, 6.07) is 8.20. The molecule has 0 bridgehead atoms. The summed E-state index contributed by atoms with van der Waals surface area (Å²) in [7, 11) is 1.43. The molecule has 0 aliphatic carbocycles. The van der Waals surface area contributed by atoms with Gasteiger partial charge in [-0.1, -0.05) is 23.7 Å². The third-order valence-electron chi connectivity index (χ3n) is 4.57.